The molecule has 0 radical (unpaired) electrons. The lowest BCUT2D eigenvalue weighted by molar-refractivity contribution is 0.301. The van der Waals surface area contributed by atoms with Crippen LogP contribution in [0.2, 0.25) is 0 Å². The summed E-state index contributed by atoms with van der Waals surface area (Å²) in [5.74, 6) is 1.58. The summed E-state index contributed by atoms with van der Waals surface area (Å²) in [6.45, 7) is 5.23. The number of ether oxygens (including phenoxy) is 2. The first-order chi connectivity index (χ1) is 12.6. The van der Waals surface area contributed by atoms with Crippen molar-refractivity contribution in [1.82, 2.24) is 4.57 Å². The van der Waals surface area contributed by atoms with Crippen LogP contribution in [0.3, 0.4) is 0 Å². The summed E-state index contributed by atoms with van der Waals surface area (Å²) in [4.78, 5) is 12.5. The Morgan fingerprint density at radius 3 is 2.54 bits per heavy atom. The quantitative estimate of drug-likeness (QED) is 0.594. The van der Waals surface area contributed by atoms with E-state index in [1.54, 1.807) is 17.7 Å². The molecule has 136 valence electrons. The van der Waals surface area contributed by atoms with E-state index in [0.29, 0.717) is 13.2 Å². The zero-order chi connectivity index (χ0) is 18.5. The van der Waals surface area contributed by atoms with E-state index in [1.807, 2.05) is 37.3 Å². The van der Waals surface area contributed by atoms with Gasteiger partial charge < -0.3 is 14.0 Å². The van der Waals surface area contributed by atoms with Gasteiger partial charge in [0.25, 0.3) is 5.56 Å². The molecule has 0 saturated heterocycles. The van der Waals surface area contributed by atoms with Crippen molar-refractivity contribution in [2.45, 2.75) is 33.2 Å². The second-order valence-electron chi connectivity index (χ2n) is 6.37. The highest BCUT2D eigenvalue weighted by atomic mass is 16.5. The number of para-hydroxylation sites is 1. The number of hydrogen-bond donors (Lipinski definition) is 0. The van der Waals surface area contributed by atoms with Crippen molar-refractivity contribution in [3.8, 4) is 11.5 Å². The molecule has 0 unspecified atom stereocenters. The van der Waals surface area contributed by atoms with Gasteiger partial charge in [0.1, 0.15) is 11.5 Å². The number of fused-ring (bicyclic) bond motifs is 1. The molecule has 1 aromatic heterocycles. The molecule has 0 aliphatic carbocycles. The molecule has 1 heterocycles. The second kappa shape index (κ2) is 8.09. The van der Waals surface area contributed by atoms with Crippen molar-refractivity contribution in [3.63, 3.8) is 0 Å². The van der Waals surface area contributed by atoms with Crippen molar-refractivity contribution in [2.24, 2.45) is 0 Å². The van der Waals surface area contributed by atoms with Crippen molar-refractivity contribution in [1.29, 1.82) is 0 Å². The van der Waals surface area contributed by atoms with E-state index in [4.69, 9.17) is 9.47 Å². The minimum Gasteiger partial charge on any atom is -0.495 e. The smallest absolute Gasteiger partial charge is 0.251 e. The molecule has 3 aromatic rings. The number of hydrogen-bond acceptors (Lipinski definition) is 3. The third-order valence-electron chi connectivity index (χ3n) is 4.65. The van der Waals surface area contributed by atoms with Gasteiger partial charge in [-0.1, -0.05) is 31.2 Å². The largest absolute Gasteiger partial charge is 0.495 e. The summed E-state index contributed by atoms with van der Waals surface area (Å²) < 4.78 is 13.1. The first kappa shape index (κ1) is 18.1. The number of pyridine rings is 1. The fourth-order valence-corrected chi connectivity index (χ4v) is 3.19. The Labute approximate surface area is 154 Å². The van der Waals surface area contributed by atoms with Crippen molar-refractivity contribution in [3.05, 3.63) is 70.0 Å². The van der Waals surface area contributed by atoms with E-state index in [1.165, 1.54) is 5.56 Å². The number of methoxy groups -OCH3 is 1. The van der Waals surface area contributed by atoms with E-state index in [-0.39, 0.29) is 5.56 Å². The molecular formula is C22H25NO3. The molecule has 0 aliphatic heterocycles. The van der Waals surface area contributed by atoms with E-state index in [9.17, 15) is 4.79 Å². The maximum atomic E-state index is 12.5. The van der Waals surface area contributed by atoms with E-state index in [2.05, 4.69) is 19.1 Å². The Kier molecular flexibility index (Phi) is 5.61. The molecule has 4 heteroatoms. The Bertz CT molecular complexity index is 942. The topological polar surface area (TPSA) is 40.5 Å². The fourth-order valence-electron chi connectivity index (χ4n) is 3.19. The lowest BCUT2D eigenvalue weighted by atomic mass is 10.1. The van der Waals surface area contributed by atoms with Crippen LogP contribution in [0.5, 0.6) is 11.5 Å². The van der Waals surface area contributed by atoms with Crippen LogP contribution >= 0.6 is 0 Å². The molecular weight excluding hydrogens is 326 g/mol. The average Bonchev–Trinajstić information content (AvgIpc) is 2.67. The van der Waals surface area contributed by atoms with Gasteiger partial charge in [0.05, 0.1) is 19.2 Å². The SMILES string of the molecule is CCc1ccc(OCCCn2c(=O)cc(C)c3cccc(OC)c32)cc1. The predicted molar refractivity (Wildman–Crippen MR) is 105 cm³/mol. The van der Waals surface area contributed by atoms with Crippen LogP contribution in [-0.4, -0.2) is 18.3 Å². The number of nitrogens with zero attached hydrogens (tertiary/aromatic N) is 1. The van der Waals surface area contributed by atoms with Crippen LogP contribution in [0.25, 0.3) is 10.9 Å². The zero-order valence-corrected chi connectivity index (χ0v) is 15.6. The maximum Gasteiger partial charge on any atom is 0.251 e. The summed E-state index contributed by atoms with van der Waals surface area (Å²) in [5.41, 5.74) is 3.11. The van der Waals surface area contributed by atoms with Gasteiger partial charge in [0.15, 0.2) is 0 Å². The summed E-state index contributed by atoms with van der Waals surface area (Å²) in [6.07, 6.45) is 1.76. The number of rotatable bonds is 7. The van der Waals surface area contributed by atoms with Gasteiger partial charge in [-0.2, -0.15) is 0 Å². The fraction of sp³-hybridized carbons (Fsp3) is 0.318. The molecule has 3 rings (SSSR count). The van der Waals surface area contributed by atoms with Crippen LogP contribution in [0, 0.1) is 6.92 Å². The Hall–Kier alpha value is -2.75. The standard InChI is InChI=1S/C22H25NO3/c1-4-17-9-11-18(12-10-17)26-14-6-13-23-21(24)15-16(2)19-7-5-8-20(25-3)22(19)23/h5,7-12,15H,4,6,13-14H2,1-3H3. The van der Waals surface area contributed by atoms with Gasteiger partial charge in [-0.05, 0) is 49.1 Å². The van der Waals surface area contributed by atoms with Crippen LogP contribution in [0.1, 0.15) is 24.5 Å². The predicted octanol–water partition coefficient (Wildman–Crippen LogP) is 4.35. The molecule has 26 heavy (non-hydrogen) atoms. The number of benzene rings is 2. The molecule has 4 nitrogen and oxygen atoms in total. The summed E-state index contributed by atoms with van der Waals surface area (Å²) in [6, 6.07) is 15.7. The van der Waals surface area contributed by atoms with Gasteiger partial charge in [-0.3, -0.25) is 4.79 Å². The maximum absolute atomic E-state index is 12.5. The van der Waals surface area contributed by atoms with Crippen LogP contribution < -0.4 is 15.0 Å². The van der Waals surface area contributed by atoms with Crippen molar-refractivity contribution >= 4 is 10.9 Å². The second-order valence-corrected chi connectivity index (χ2v) is 6.37. The number of aromatic nitrogens is 1. The third-order valence-corrected chi connectivity index (χ3v) is 4.65. The van der Waals surface area contributed by atoms with Crippen molar-refractivity contribution < 1.29 is 9.47 Å². The molecule has 2 aromatic carbocycles. The van der Waals surface area contributed by atoms with Gasteiger partial charge in [-0.15, -0.1) is 0 Å². The third kappa shape index (κ3) is 3.74. The zero-order valence-electron chi connectivity index (χ0n) is 15.6. The Morgan fingerprint density at radius 1 is 1.08 bits per heavy atom. The average molecular weight is 351 g/mol. The summed E-state index contributed by atoms with van der Waals surface area (Å²) in [5, 5.41) is 1.04. The normalized spacial score (nSPS) is 10.9. The highest BCUT2D eigenvalue weighted by Gasteiger charge is 2.11. The monoisotopic (exact) mass is 351 g/mol. The minimum atomic E-state index is -0.00759. The van der Waals surface area contributed by atoms with Crippen LogP contribution in [0.15, 0.2) is 53.3 Å². The van der Waals surface area contributed by atoms with Crippen LogP contribution in [-0.2, 0) is 13.0 Å². The highest BCUT2D eigenvalue weighted by molar-refractivity contribution is 5.87. The van der Waals surface area contributed by atoms with Gasteiger partial charge in [-0.25, -0.2) is 0 Å². The lowest BCUT2D eigenvalue weighted by Gasteiger charge is -2.15. The lowest BCUT2D eigenvalue weighted by Crippen LogP contribution is -2.22. The van der Waals surface area contributed by atoms with E-state index in [0.717, 1.165) is 40.8 Å². The molecule has 0 aliphatic rings. The molecule has 0 amide bonds. The summed E-state index contributed by atoms with van der Waals surface area (Å²) in [7, 11) is 1.63. The number of aryl methyl sites for hydroxylation is 3. The first-order valence-corrected chi connectivity index (χ1v) is 9.03. The first-order valence-electron chi connectivity index (χ1n) is 9.03. The molecule has 0 bridgehead atoms. The van der Waals surface area contributed by atoms with E-state index >= 15 is 0 Å². The van der Waals surface area contributed by atoms with E-state index < -0.39 is 0 Å². The summed E-state index contributed by atoms with van der Waals surface area (Å²) >= 11 is 0. The molecule has 0 saturated carbocycles. The van der Waals surface area contributed by atoms with Crippen LogP contribution in [0.4, 0.5) is 0 Å². The van der Waals surface area contributed by atoms with Gasteiger partial charge >= 0.3 is 0 Å². The molecule has 0 spiro atoms. The van der Waals surface area contributed by atoms with Gasteiger partial charge in [0.2, 0.25) is 0 Å². The van der Waals surface area contributed by atoms with Crippen molar-refractivity contribution in [2.75, 3.05) is 13.7 Å². The minimum absolute atomic E-state index is 0.00759. The molecule has 0 N–H and O–H groups in total. The molecule has 0 fully saturated rings. The molecule has 0 atom stereocenters. The Balaban J connectivity index is 1.75. The highest BCUT2D eigenvalue weighted by Crippen LogP contribution is 2.26. The Morgan fingerprint density at radius 2 is 1.85 bits per heavy atom. The van der Waals surface area contributed by atoms with Gasteiger partial charge in [0, 0.05) is 18.0 Å².